The van der Waals surface area contributed by atoms with Crippen LogP contribution in [0, 0.1) is 6.92 Å². The lowest BCUT2D eigenvalue weighted by Crippen LogP contribution is -2.08. The molecule has 0 atom stereocenters. The lowest BCUT2D eigenvalue weighted by Gasteiger charge is -2.05. The van der Waals surface area contributed by atoms with Gasteiger partial charge in [-0.15, -0.1) is 11.3 Å². The van der Waals surface area contributed by atoms with Crippen molar-refractivity contribution in [3.05, 3.63) is 69.0 Å². The van der Waals surface area contributed by atoms with Crippen molar-refractivity contribution in [1.29, 1.82) is 0 Å². The summed E-state index contributed by atoms with van der Waals surface area (Å²) < 4.78 is 1.10. The van der Waals surface area contributed by atoms with E-state index in [1.54, 1.807) is 23.5 Å². The number of carbonyl (C=O) groups excluding carboxylic acids is 1. The predicted molar refractivity (Wildman–Crippen MR) is 101 cm³/mol. The molecule has 0 unspecified atom stereocenters. The van der Waals surface area contributed by atoms with Gasteiger partial charge in [-0.1, -0.05) is 47.5 Å². The van der Waals surface area contributed by atoms with Gasteiger partial charge in [0.1, 0.15) is 0 Å². The van der Waals surface area contributed by atoms with Gasteiger partial charge in [0.15, 0.2) is 0 Å². The maximum atomic E-state index is 12.1. The number of nitrogens with one attached hydrogen (secondary N) is 1. The fraction of sp³-hybridized carbons (Fsp3) is 0.0556. The Morgan fingerprint density at radius 3 is 2.70 bits per heavy atom. The van der Waals surface area contributed by atoms with Gasteiger partial charge in [-0.25, -0.2) is 0 Å². The minimum atomic E-state index is -0.246. The van der Waals surface area contributed by atoms with Gasteiger partial charge in [0.2, 0.25) is 5.91 Å². The Bertz CT molecular complexity index is 915. The largest absolute Gasteiger partial charge is 0.321 e. The second-order valence-corrected chi connectivity index (χ2v) is 6.95. The lowest BCUT2D eigenvalue weighted by molar-refractivity contribution is -0.111. The molecule has 0 aliphatic rings. The molecule has 0 bridgehead atoms. The van der Waals surface area contributed by atoms with Crippen LogP contribution in [-0.2, 0) is 4.79 Å². The van der Waals surface area contributed by atoms with Crippen molar-refractivity contribution in [3.63, 3.8) is 0 Å². The van der Waals surface area contributed by atoms with Gasteiger partial charge in [0, 0.05) is 21.0 Å². The maximum Gasteiger partial charge on any atom is 0.248 e. The van der Waals surface area contributed by atoms with Crippen LogP contribution in [0.2, 0.25) is 10.0 Å². The van der Waals surface area contributed by atoms with Crippen LogP contribution in [0.15, 0.2) is 48.5 Å². The molecule has 23 heavy (non-hydrogen) atoms. The number of halogens is 2. The Morgan fingerprint density at radius 1 is 1.17 bits per heavy atom. The average molecular weight is 362 g/mol. The number of rotatable bonds is 3. The number of anilines is 1. The second kappa shape index (κ2) is 6.75. The monoisotopic (exact) mass is 361 g/mol. The fourth-order valence-corrected chi connectivity index (χ4v) is 3.87. The van der Waals surface area contributed by atoms with Crippen molar-refractivity contribution in [2.75, 3.05) is 5.32 Å². The summed E-state index contributed by atoms with van der Waals surface area (Å²) in [4.78, 5) is 12.9. The molecule has 0 aliphatic heterocycles. The van der Waals surface area contributed by atoms with Crippen LogP contribution >= 0.6 is 34.5 Å². The molecule has 0 spiro atoms. The first kappa shape index (κ1) is 16.1. The molecule has 0 saturated heterocycles. The second-order valence-electron chi connectivity index (χ2n) is 5.08. The summed E-state index contributed by atoms with van der Waals surface area (Å²) in [7, 11) is 0. The minimum absolute atomic E-state index is 0.246. The van der Waals surface area contributed by atoms with Crippen molar-refractivity contribution in [2.45, 2.75) is 6.92 Å². The topological polar surface area (TPSA) is 29.1 Å². The molecule has 1 heterocycles. The zero-order valence-corrected chi connectivity index (χ0v) is 14.6. The molecule has 2 aromatic carbocycles. The number of thiophene rings is 1. The molecule has 1 aromatic heterocycles. The van der Waals surface area contributed by atoms with E-state index in [1.165, 1.54) is 6.08 Å². The van der Waals surface area contributed by atoms with Crippen molar-refractivity contribution < 1.29 is 4.79 Å². The standard InChI is InChI=1S/C18H13Cl2NOS/c1-11-6-7-14(13(19)10-11)21-17(22)9-8-16-18(20)12-4-2-3-5-15(12)23-16/h2-10H,1H3,(H,21,22)/b9-8+. The Hall–Kier alpha value is -1.81. The van der Waals surface area contributed by atoms with Crippen LogP contribution in [0.4, 0.5) is 5.69 Å². The third-order valence-electron chi connectivity index (χ3n) is 3.33. The van der Waals surface area contributed by atoms with Crippen molar-refractivity contribution >= 4 is 62.3 Å². The van der Waals surface area contributed by atoms with Gasteiger partial charge in [-0.05, 0) is 36.8 Å². The summed E-state index contributed by atoms with van der Waals surface area (Å²) in [6.07, 6.45) is 3.19. The summed E-state index contributed by atoms with van der Waals surface area (Å²) in [5.74, 6) is -0.246. The van der Waals surface area contributed by atoms with Crippen LogP contribution in [0.1, 0.15) is 10.4 Å². The van der Waals surface area contributed by atoms with Gasteiger partial charge in [0.25, 0.3) is 0 Å². The highest BCUT2D eigenvalue weighted by atomic mass is 35.5. The lowest BCUT2D eigenvalue weighted by atomic mass is 10.2. The zero-order valence-electron chi connectivity index (χ0n) is 12.3. The van der Waals surface area contributed by atoms with E-state index >= 15 is 0 Å². The number of benzene rings is 2. The van der Waals surface area contributed by atoms with E-state index in [0.29, 0.717) is 15.7 Å². The average Bonchev–Trinajstić information content (AvgIpc) is 2.85. The fourth-order valence-electron chi connectivity index (χ4n) is 2.19. The third kappa shape index (κ3) is 3.58. The molecular weight excluding hydrogens is 349 g/mol. The van der Waals surface area contributed by atoms with Gasteiger partial charge >= 0.3 is 0 Å². The number of amides is 1. The van der Waals surface area contributed by atoms with Gasteiger partial charge < -0.3 is 5.32 Å². The normalized spacial score (nSPS) is 11.3. The number of carbonyl (C=O) groups is 1. The summed E-state index contributed by atoms with van der Waals surface area (Å²) in [5.41, 5.74) is 1.63. The molecular formula is C18H13Cl2NOS. The van der Waals surface area contributed by atoms with Crippen molar-refractivity contribution in [2.24, 2.45) is 0 Å². The first-order chi connectivity index (χ1) is 11.0. The molecule has 1 amide bonds. The first-order valence-electron chi connectivity index (χ1n) is 6.97. The van der Waals surface area contributed by atoms with Gasteiger partial charge in [-0.2, -0.15) is 0 Å². The molecule has 3 aromatic rings. The zero-order chi connectivity index (χ0) is 16.4. The molecule has 0 fully saturated rings. The summed E-state index contributed by atoms with van der Waals surface area (Å²) >= 11 is 14.0. The van der Waals surface area contributed by atoms with Crippen molar-refractivity contribution in [1.82, 2.24) is 0 Å². The van der Waals surface area contributed by atoms with Crippen LogP contribution < -0.4 is 5.32 Å². The van der Waals surface area contributed by atoms with E-state index in [2.05, 4.69) is 5.32 Å². The highest BCUT2D eigenvalue weighted by molar-refractivity contribution is 7.20. The number of aryl methyl sites for hydroxylation is 1. The SMILES string of the molecule is Cc1ccc(NC(=O)/C=C/c2sc3ccccc3c2Cl)c(Cl)c1. The first-order valence-corrected chi connectivity index (χ1v) is 8.54. The Morgan fingerprint density at radius 2 is 1.96 bits per heavy atom. The molecule has 0 radical (unpaired) electrons. The Balaban J connectivity index is 1.78. The smallest absolute Gasteiger partial charge is 0.248 e. The van der Waals surface area contributed by atoms with E-state index in [0.717, 1.165) is 20.5 Å². The van der Waals surface area contributed by atoms with E-state index in [4.69, 9.17) is 23.2 Å². The van der Waals surface area contributed by atoms with Crippen LogP contribution in [0.5, 0.6) is 0 Å². The van der Waals surface area contributed by atoms with Crippen LogP contribution in [-0.4, -0.2) is 5.91 Å². The number of fused-ring (bicyclic) bond motifs is 1. The van der Waals surface area contributed by atoms with Crippen LogP contribution in [0.3, 0.4) is 0 Å². The molecule has 0 aliphatic carbocycles. The molecule has 1 N–H and O–H groups in total. The van der Waals surface area contributed by atoms with E-state index in [1.807, 2.05) is 43.3 Å². The third-order valence-corrected chi connectivity index (χ3v) is 5.30. The molecule has 116 valence electrons. The quantitative estimate of drug-likeness (QED) is 0.555. The van der Waals surface area contributed by atoms with E-state index in [9.17, 15) is 4.79 Å². The maximum absolute atomic E-state index is 12.1. The van der Waals surface area contributed by atoms with E-state index in [-0.39, 0.29) is 5.91 Å². The number of hydrogen-bond acceptors (Lipinski definition) is 2. The highest BCUT2D eigenvalue weighted by Gasteiger charge is 2.08. The molecule has 5 heteroatoms. The van der Waals surface area contributed by atoms with Gasteiger partial charge in [0.05, 0.1) is 15.7 Å². The highest BCUT2D eigenvalue weighted by Crippen LogP contribution is 2.35. The molecule has 0 saturated carbocycles. The summed E-state index contributed by atoms with van der Waals surface area (Å²) in [6.45, 7) is 1.95. The summed E-state index contributed by atoms with van der Waals surface area (Å²) in [5, 5.41) is 4.95. The summed E-state index contributed by atoms with van der Waals surface area (Å²) in [6, 6.07) is 13.4. The van der Waals surface area contributed by atoms with Crippen LogP contribution in [0.25, 0.3) is 16.2 Å². The van der Waals surface area contributed by atoms with Crippen molar-refractivity contribution in [3.8, 4) is 0 Å². The minimum Gasteiger partial charge on any atom is -0.321 e. The number of hydrogen-bond donors (Lipinski definition) is 1. The molecule has 2 nitrogen and oxygen atoms in total. The van der Waals surface area contributed by atoms with E-state index < -0.39 is 0 Å². The van der Waals surface area contributed by atoms with Gasteiger partial charge in [-0.3, -0.25) is 4.79 Å². The Kier molecular flexibility index (Phi) is 4.71. The predicted octanol–water partition coefficient (Wildman–Crippen LogP) is 6.17. The Labute approximate surface area is 148 Å². The molecule has 3 rings (SSSR count).